The maximum absolute atomic E-state index is 12.8. The van der Waals surface area contributed by atoms with E-state index in [1.54, 1.807) is 6.92 Å². The molecule has 0 amide bonds. The van der Waals surface area contributed by atoms with Gasteiger partial charge in [-0.1, -0.05) is 28.9 Å². The summed E-state index contributed by atoms with van der Waals surface area (Å²) in [5.74, 6) is -0.515. The predicted octanol–water partition coefficient (Wildman–Crippen LogP) is 2.10. The van der Waals surface area contributed by atoms with Crippen LogP contribution in [0.2, 0.25) is 0 Å². The van der Waals surface area contributed by atoms with Crippen LogP contribution in [0.25, 0.3) is 0 Å². The van der Waals surface area contributed by atoms with Crippen molar-refractivity contribution in [2.24, 2.45) is 11.7 Å². The smallest absolute Gasteiger partial charge is 0.154 e. The van der Waals surface area contributed by atoms with E-state index < -0.39 is 15.7 Å². The number of rotatable bonds is 5. The highest BCUT2D eigenvalue weighted by Crippen LogP contribution is 2.21. The molecule has 1 unspecified atom stereocenters. The summed E-state index contributed by atoms with van der Waals surface area (Å²) in [6, 6.07) is 3.99. The summed E-state index contributed by atoms with van der Waals surface area (Å²) in [6.07, 6.45) is 0. The zero-order chi connectivity index (χ0) is 13.1. The summed E-state index contributed by atoms with van der Waals surface area (Å²) in [7, 11) is -3.21. The third-order valence-electron chi connectivity index (χ3n) is 2.33. The van der Waals surface area contributed by atoms with Crippen LogP contribution in [0.1, 0.15) is 12.5 Å². The SMILES string of the molecule is CC(CN)CS(=O)(=O)Cc1ccc(F)cc1Br. The molecular formula is C11H15BrFNO2S. The third-order valence-corrected chi connectivity index (χ3v) is 4.90. The van der Waals surface area contributed by atoms with Gasteiger partial charge in [-0.15, -0.1) is 0 Å². The van der Waals surface area contributed by atoms with Crippen molar-refractivity contribution in [2.45, 2.75) is 12.7 Å². The van der Waals surface area contributed by atoms with Gasteiger partial charge in [0.1, 0.15) is 5.82 Å². The minimum atomic E-state index is -3.21. The molecule has 0 radical (unpaired) electrons. The van der Waals surface area contributed by atoms with E-state index in [0.717, 1.165) is 0 Å². The molecule has 3 nitrogen and oxygen atoms in total. The van der Waals surface area contributed by atoms with Crippen LogP contribution < -0.4 is 5.73 Å². The second-order valence-electron chi connectivity index (χ2n) is 4.13. The van der Waals surface area contributed by atoms with Crippen molar-refractivity contribution in [1.29, 1.82) is 0 Å². The van der Waals surface area contributed by atoms with Crippen molar-refractivity contribution >= 4 is 25.8 Å². The van der Waals surface area contributed by atoms with E-state index in [0.29, 0.717) is 16.6 Å². The van der Waals surface area contributed by atoms with Crippen molar-refractivity contribution < 1.29 is 12.8 Å². The van der Waals surface area contributed by atoms with Gasteiger partial charge in [0.2, 0.25) is 0 Å². The maximum Gasteiger partial charge on any atom is 0.154 e. The Bertz CT molecular complexity index is 490. The zero-order valence-electron chi connectivity index (χ0n) is 9.49. The van der Waals surface area contributed by atoms with Gasteiger partial charge in [-0.3, -0.25) is 0 Å². The molecule has 96 valence electrons. The average molecular weight is 324 g/mol. The van der Waals surface area contributed by atoms with E-state index in [1.165, 1.54) is 18.2 Å². The zero-order valence-corrected chi connectivity index (χ0v) is 11.9. The Morgan fingerprint density at radius 1 is 1.47 bits per heavy atom. The summed E-state index contributed by atoms with van der Waals surface area (Å²) < 4.78 is 37.0. The molecule has 1 rings (SSSR count). The molecule has 0 saturated heterocycles. The molecule has 1 aromatic carbocycles. The highest BCUT2D eigenvalue weighted by molar-refractivity contribution is 9.10. The lowest BCUT2D eigenvalue weighted by atomic mass is 10.2. The predicted molar refractivity (Wildman–Crippen MR) is 69.8 cm³/mol. The molecular weight excluding hydrogens is 309 g/mol. The number of sulfone groups is 1. The summed E-state index contributed by atoms with van der Waals surface area (Å²) in [5, 5.41) is 0. The Kier molecular flexibility index (Phi) is 5.09. The van der Waals surface area contributed by atoms with Gasteiger partial charge in [-0.25, -0.2) is 12.8 Å². The second-order valence-corrected chi connectivity index (χ2v) is 7.09. The van der Waals surface area contributed by atoms with Crippen LogP contribution in [0, 0.1) is 11.7 Å². The van der Waals surface area contributed by atoms with Gasteiger partial charge in [0.15, 0.2) is 9.84 Å². The van der Waals surface area contributed by atoms with Gasteiger partial charge < -0.3 is 5.73 Å². The van der Waals surface area contributed by atoms with Crippen molar-refractivity contribution in [3.8, 4) is 0 Å². The second kappa shape index (κ2) is 5.93. The molecule has 0 aromatic heterocycles. The number of benzene rings is 1. The van der Waals surface area contributed by atoms with Crippen LogP contribution >= 0.6 is 15.9 Å². The monoisotopic (exact) mass is 323 g/mol. The Hall–Kier alpha value is -0.460. The highest BCUT2D eigenvalue weighted by Gasteiger charge is 2.17. The molecule has 0 fully saturated rings. The molecule has 0 aliphatic heterocycles. The van der Waals surface area contributed by atoms with E-state index in [1.807, 2.05) is 0 Å². The van der Waals surface area contributed by atoms with E-state index in [4.69, 9.17) is 5.73 Å². The lowest BCUT2D eigenvalue weighted by molar-refractivity contribution is 0.572. The largest absolute Gasteiger partial charge is 0.330 e. The summed E-state index contributed by atoms with van der Waals surface area (Å²) in [6.45, 7) is 2.13. The van der Waals surface area contributed by atoms with Crippen molar-refractivity contribution in [3.63, 3.8) is 0 Å². The molecule has 1 aromatic rings. The standard InChI is InChI=1S/C11H15BrFNO2S/c1-8(5-14)6-17(15,16)7-9-2-3-10(13)4-11(9)12/h2-4,8H,5-7,14H2,1H3. The van der Waals surface area contributed by atoms with E-state index in [9.17, 15) is 12.8 Å². The molecule has 0 aliphatic carbocycles. The van der Waals surface area contributed by atoms with Crippen molar-refractivity contribution in [3.05, 3.63) is 34.1 Å². The molecule has 0 aliphatic rings. The molecule has 0 spiro atoms. The minimum absolute atomic E-state index is 0.0489. The molecule has 6 heteroatoms. The van der Waals surface area contributed by atoms with Crippen LogP contribution in [0.3, 0.4) is 0 Å². The number of hydrogen-bond donors (Lipinski definition) is 1. The Morgan fingerprint density at radius 3 is 2.65 bits per heavy atom. The van der Waals surface area contributed by atoms with Crippen LogP contribution in [0.15, 0.2) is 22.7 Å². The van der Waals surface area contributed by atoms with Gasteiger partial charge >= 0.3 is 0 Å². The van der Waals surface area contributed by atoms with Crippen molar-refractivity contribution in [2.75, 3.05) is 12.3 Å². The Morgan fingerprint density at radius 2 is 2.12 bits per heavy atom. The first kappa shape index (κ1) is 14.6. The first-order chi connectivity index (χ1) is 7.84. The Balaban J connectivity index is 2.83. The number of hydrogen-bond acceptors (Lipinski definition) is 3. The number of nitrogens with two attached hydrogens (primary N) is 1. The average Bonchev–Trinajstić information content (AvgIpc) is 2.21. The first-order valence-corrected chi connectivity index (χ1v) is 7.80. The van der Waals surface area contributed by atoms with Crippen LogP contribution in [-0.2, 0) is 15.6 Å². The van der Waals surface area contributed by atoms with Crippen molar-refractivity contribution in [1.82, 2.24) is 0 Å². The molecule has 0 bridgehead atoms. The fourth-order valence-electron chi connectivity index (χ4n) is 1.44. The molecule has 0 heterocycles. The van der Waals surface area contributed by atoms with Gasteiger partial charge in [0.05, 0.1) is 11.5 Å². The topological polar surface area (TPSA) is 60.2 Å². The molecule has 2 N–H and O–H groups in total. The van der Waals surface area contributed by atoms with Gasteiger partial charge in [-0.2, -0.15) is 0 Å². The normalized spacial score (nSPS) is 13.6. The fraction of sp³-hybridized carbons (Fsp3) is 0.455. The first-order valence-electron chi connectivity index (χ1n) is 5.18. The number of halogens is 2. The lowest BCUT2D eigenvalue weighted by Gasteiger charge is -2.10. The Labute approximate surface area is 109 Å². The maximum atomic E-state index is 12.8. The van der Waals surface area contributed by atoms with Crippen LogP contribution in [0.5, 0.6) is 0 Å². The molecule has 17 heavy (non-hydrogen) atoms. The van der Waals surface area contributed by atoms with Gasteiger partial charge in [0, 0.05) is 4.47 Å². The highest BCUT2D eigenvalue weighted by atomic mass is 79.9. The fourth-order valence-corrected chi connectivity index (χ4v) is 3.96. The third kappa shape index (κ3) is 4.73. The molecule has 0 saturated carbocycles. The quantitative estimate of drug-likeness (QED) is 0.902. The summed E-state index contributed by atoms with van der Waals surface area (Å²) in [5.41, 5.74) is 5.96. The summed E-state index contributed by atoms with van der Waals surface area (Å²) in [4.78, 5) is 0. The van der Waals surface area contributed by atoms with E-state index in [-0.39, 0.29) is 17.4 Å². The molecule has 1 atom stereocenters. The van der Waals surface area contributed by atoms with Crippen LogP contribution in [-0.4, -0.2) is 20.7 Å². The summed E-state index contributed by atoms with van der Waals surface area (Å²) >= 11 is 3.15. The van der Waals surface area contributed by atoms with Gasteiger partial charge in [-0.05, 0) is 30.2 Å². The lowest BCUT2D eigenvalue weighted by Crippen LogP contribution is -2.22. The van der Waals surface area contributed by atoms with E-state index >= 15 is 0 Å². The van der Waals surface area contributed by atoms with Crippen LogP contribution in [0.4, 0.5) is 4.39 Å². The minimum Gasteiger partial charge on any atom is -0.330 e. The van der Waals surface area contributed by atoms with Gasteiger partial charge in [0.25, 0.3) is 0 Å². The van der Waals surface area contributed by atoms with E-state index in [2.05, 4.69) is 15.9 Å².